The van der Waals surface area contributed by atoms with Gasteiger partial charge in [0, 0.05) is 31.4 Å². The first-order valence-corrected chi connectivity index (χ1v) is 5.47. The predicted octanol–water partition coefficient (Wildman–Crippen LogP) is 2.41. The molecule has 0 atom stereocenters. The van der Waals surface area contributed by atoms with E-state index in [-0.39, 0.29) is 5.76 Å². The molecular formula is C13H14N2O3. The lowest BCUT2D eigenvalue weighted by Gasteiger charge is -2.16. The summed E-state index contributed by atoms with van der Waals surface area (Å²) in [5, 5.41) is 12.6. The molecule has 94 valence electrons. The third kappa shape index (κ3) is 2.20. The Kier molecular flexibility index (Phi) is 3.06. The van der Waals surface area contributed by atoms with Crippen molar-refractivity contribution in [3.63, 3.8) is 0 Å². The summed E-state index contributed by atoms with van der Waals surface area (Å²) in [4.78, 5) is 12.7. The molecule has 18 heavy (non-hydrogen) atoms. The lowest BCUT2D eigenvalue weighted by molar-refractivity contribution is 0.0652. The molecule has 0 radical (unpaired) electrons. The summed E-state index contributed by atoms with van der Waals surface area (Å²) < 4.78 is 4.78. The van der Waals surface area contributed by atoms with Crippen molar-refractivity contribution < 1.29 is 14.4 Å². The number of carboxylic acids is 1. The Morgan fingerprint density at radius 1 is 1.33 bits per heavy atom. The van der Waals surface area contributed by atoms with Gasteiger partial charge in [-0.15, -0.1) is 0 Å². The van der Waals surface area contributed by atoms with Crippen LogP contribution in [0.25, 0.3) is 11.3 Å². The quantitative estimate of drug-likeness (QED) is 0.900. The SMILES string of the molecule is Cc1ccc(-c2cc(C(=O)O)on2)c(N(C)C)c1. The van der Waals surface area contributed by atoms with Crippen LogP contribution in [-0.2, 0) is 0 Å². The van der Waals surface area contributed by atoms with Crippen molar-refractivity contribution in [2.24, 2.45) is 0 Å². The van der Waals surface area contributed by atoms with Crippen molar-refractivity contribution >= 4 is 11.7 Å². The van der Waals surface area contributed by atoms with Gasteiger partial charge in [-0.25, -0.2) is 4.79 Å². The highest BCUT2D eigenvalue weighted by Gasteiger charge is 2.15. The minimum absolute atomic E-state index is 0.157. The number of anilines is 1. The second-order valence-corrected chi connectivity index (χ2v) is 4.30. The number of hydrogen-bond acceptors (Lipinski definition) is 4. The first-order valence-electron chi connectivity index (χ1n) is 5.47. The van der Waals surface area contributed by atoms with E-state index in [2.05, 4.69) is 5.16 Å². The summed E-state index contributed by atoms with van der Waals surface area (Å²) >= 11 is 0. The zero-order chi connectivity index (χ0) is 13.3. The summed E-state index contributed by atoms with van der Waals surface area (Å²) in [6.45, 7) is 2.00. The number of rotatable bonds is 3. The lowest BCUT2D eigenvalue weighted by Crippen LogP contribution is -2.10. The second kappa shape index (κ2) is 4.52. The number of nitrogens with zero attached hydrogens (tertiary/aromatic N) is 2. The smallest absolute Gasteiger partial charge is 0.374 e. The van der Waals surface area contributed by atoms with Crippen molar-refractivity contribution in [2.45, 2.75) is 6.92 Å². The van der Waals surface area contributed by atoms with E-state index >= 15 is 0 Å². The monoisotopic (exact) mass is 246 g/mol. The van der Waals surface area contributed by atoms with Gasteiger partial charge in [-0.2, -0.15) is 0 Å². The number of aromatic carboxylic acids is 1. The molecule has 0 amide bonds. The maximum Gasteiger partial charge on any atom is 0.374 e. The molecule has 1 heterocycles. The van der Waals surface area contributed by atoms with Gasteiger partial charge in [0.1, 0.15) is 5.69 Å². The van der Waals surface area contributed by atoms with Gasteiger partial charge in [-0.3, -0.25) is 0 Å². The van der Waals surface area contributed by atoms with Crippen molar-refractivity contribution in [1.29, 1.82) is 0 Å². The molecular weight excluding hydrogens is 232 g/mol. The molecule has 0 aliphatic carbocycles. The molecule has 1 N–H and O–H groups in total. The number of carbonyl (C=O) groups is 1. The summed E-state index contributed by atoms with van der Waals surface area (Å²) in [5.74, 6) is -1.28. The average molecular weight is 246 g/mol. The summed E-state index contributed by atoms with van der Waals surface area (Å²) in [6, 6.07) is 7.32. The minimum Gasteiger partial charge on any atom is -0.475 e. The van der Waals surface area contributed by atoms with Gasteiger partial charge in [-0.1, -0.05) is 17.3 Å². The van der Waals surface area contributed by atoms with Crippen molar-refractivity contribution in [3.8, 4) is 11.3 Å². The van der Waals surface area contributed by atoms with Gasteiger partial charge < -0.3 is 14.5 Å². The van der Waals surface area contributed by atoms with Gasteiger partial charge >= 0.3 is 5.97 Å². The molecule has 0 bridgehead atoms. The molecule has 0 unspecified atom stereocenters. The summed E-state index contributed by atoms with van der Waals surface area (Å²) in [5.41, 5.74) is 3.47. The molecule has 0 fully saturated rings. The molecule has 0 aliphatic rings. The number of aryl methyl sites for hydroxylation is 1. The maximum absolute atomic E-state index is 10.8. The Hall–Kier alpha value is -2.30. The third-order valence-corrected chi connectivity index (χ3v) is 2.63. The largest absolute Gasteiger partial charge is 0.475 e. The van der Waals surface area contributed by atoms with Crippen molar-refractivity contribution in [3.05, 3.63) is 35.6 Å². The Morgan fingerprint density at radius 2 is 2.06 bits per heavy atom. The van der Waals surface area contributed by atoms with E-state index in [1.807, 2.05) is 44.1 Å². The van der Waals surface area contributed by atoms with Gasteiger partial charge in [0.05, 0.1) is 0 Å². The van der Waals surface area contributed by atoms with Crippen LogP contribution < -0.4 is 4.90 Å². The lowest BCUT2D eigenvalue weighted by atomic mass is 10.1. The van der Waals surface area contributed by atoms with Gasteiger partial charge in [0.2, 0.25) is 5.76 Å². The van der Waals surface area contributed by atoms with Crippen LogP contribution in [0.3, 0.4) is 0 Å². The zero-order valence-corrected chi connectivity index (χ0v) is 10.5. The van der Waals surface area contributed by atoms with E-state index in [0.29, 0.717) is 5.69 Å². The molecule has 0 saturated heterocycles. The van der Waals surface area contributed by atoms with E-state index in [1.165, 1.54) is 6.07 Å². The molecule has 0 spiro atoms. The Bertz CT molecular complexity index is 588. The van der Waals surface area contributed by atoms with Crippen LogP contribution in [0, 0.1) is 6.92 Å². The molecule has 5 nitrogen and oxygen atoms in total. The number of hydrogen-bond donors (Lipinski definition) is 1. The maximum atomic E-state index is 10.8. The Morgan fingerprint density at radius 3 is 2.61 bits per heavy atom. The second-order valence-electron chi connectivity index (χ2n) is 4.30. The number of benzene rings is 1. The summed E-state index contributed by atoms with van der Waals surface area (Å²) in [7, 11) is 3.85. The van der Waals surface area contributed by atoms with Crippen LogP contribution in [0.4, 0.5) is 5.69 Å². The van der Waals surface area contributed by atoms with E-state index < -0.39 is 5.97 Å². The molecule has 1 aromatic carbocycles. The number of aromatic nitrogens is 1. The van der Waals surface area contributed by atoms with Crippen LogP contribution in [-0.4, -0.2) is 30.3 Å². The molecule has 2 aromatic rings. The summed E-state index contributed by atoms with van der Waals surface area (Å²) in [6.07, 6.45) is 0. The third-order valence-electron chi connectivity index (χ3n) is 2.63. The van der Waals surface area contributed by atoms with E-state index in [4.69, 9.17) is 9.63 Å². The first-order chi connectivity index (χ1) is 8.49. The van der Waals surface area contributed by atoms with Crippen LogP contribution in [0.5, 0.6) is 0 Å². The number of carboxylic acid groups (broad SMARTS) is 1. The van der Waals surface area contributed by atoms with Crippen LogP contribution in [0.1, 0.15) is 16.1 Å². The highest BCUT2D eigenvalue weighted by atomic mass is 16.5. The van der Waals surface area contributed by atoms with E-state index in [1.54, 1.807) is 0 Å². The van der Waals surface area contributed by atoms with Gasteiger partial charge in [-0.05, 0) is 18.6 Å². The zero-order valence-electron chi connectivity index (χ0n) is 10.5. The van der Waals surface area contributed by atoms with Gasteiger partial charge in [0.15, 0.2) is 0 Å². The predicted molar refractivity (Wildman–Crippen MR) is 68.0 cm³/mol. The van der Waals surface area contributed by atoms with E-state index in [9.17, 15) is 4.79 Å². The normalized spacial score (nSPS) is 10.4. The van der Waals surface area contributed by atoms with Gasteiger partial charge in [0.25, 0.3) is 0 Å². The van der Waals surface area contributed by atoms with Crippen LogP contribution in [0.15, 0.2) is 28.8 Å². The molecule has 0 saturated carbocycles. The minimum atomic E-state index is -1.12. The van der Waals surface area contributed by atoms with Crippen LogP contribution in [0.2, 0.25) is 0 Å². The fourth-order valence-electron chi connectivity index (χ4n) is 1.73. The van der Waals surface area contributed by atoms with Crippen LogP contribution >= 0.6 is 0 Å². The average Bonchev–Trinajstić information content (AvgIpc) is 2.78. The Balaban J connectivity index is 2.52. The van der Waals surface area contributed by atoms with E-state index in [0.717, 1.165) is 16.8 Å². The highest BCUT2D eigenvalue weighted by molar-refractivity contribution is 5.87. The standard InChI is InChI=1S/C13H14N2O3/c1-8-4-5-9(11(6-8)15(2)3)10-7-12(13(16)17)18-14-10/h4-7H,1-3H3,(H,16,17). The van der Waals surface area contributed by atoms with Crippen molar-refractivity contribution in [1.82, 2.24) is 5.16 Å². The topological polar surface area (TPSA) is 66.6 Å². The first kappa shape index (κ1) is 12.2. The molecule has 5 heteroatoms. The van der Waals surface area contributed by atoms with Crippen molar-refractivity contribution in [2.75, 3.05) is 19.0 Å². The fourth-order valence-corrected chi connectivity index (χ4v) is 1.73. The molecule has 2 rings (SSSR count). The fraction of sp³-hybridized carbons (Fsp3) is 0.231. The highest BCUT2D eigenvalue weighted by Crippen LogP contribution is 2.30. The Labute approximate surface area is 105 Å². The molecule has 1 aromatic heterocycles. The molecule has 0 aliphatic heterocycles.